The van der Waals surface area contributed by atoms with Crippen molar-refractivity contribution >= 4 is 17.6 Å². The van der Waals surface area contributed by atoms with Crippen molar-refractivity contribution in [2.24, 2.45) is 0 Å². The first kappa shape index (κ1) is 15.5. The van der Waals surface area contributed by atoms with Crippen molar-refractivity contribution in [2.75, 3.05) is 0 Å². The molecule has 1 atom stereocenters. The summed E-state index contributed by atoms with van der Waals surface area (Å²) in [7, 11) is 0. The third-order valence-corrected chi connectivity index (χ3v) is 2.60. The Morgan fingerprint density at radius 1 is 1.45 bits per heavy atom. The van der Waals surface area contributed by atoms with Crippen LogP contribution in [0.25, 0.3) is 0 Å². The van der Waals surface area contributed by atoms with Gasteiger partial charge in [-0.2, -0.15) is 0 Å². The van der Waals surface area contributed by atoms with Gasteiger partial charge in [-0.15, -0.1) is 0 Å². The largest absolute Gasteiger partial charge is 0.481 e. The zero-order chi connectivity index (χ0) is 15.3. The second-order valence-corrected chi connectivity index (χ2v) is 4.13. The lowest BCUT2D eigenvalue weighted by Crippen LogP contribution is -2.36. The van der Waals surface area contributed by atoms with Crippen molar-refractivity contribution in [1.29, 1.82) is 0 Å². The monoisotopic (exact) mass is 284 g/mol. The molecule has 1 unspecified atom stereocenters. The van der Waals surface area contributed by atoms with Gasteiger partial charge in [0.25, 0.3) is 11.6 Å². The number of nitrogens with zero attached hydrogens (tertiary/aromatic N) is 1. The van der Waals surface area contributed by atoms with E-state index < -0.39 is 34.3 Å². The van der Waals surface area contributed by atoms with Gasteiger partial charge in [-0.1, -0.05) is 6.92 Å². The summed E-state index contributed by atoms with van der Waals surface area (Å²) in [6.07, 6.45) is 0.0924. The van der Waals surface area contributed by atoms with Crippen LogP contribution in [0.2, 0.25) is 0 Å². The zero-order valence-corrected chi connectivity index (χ0v) is 10.6. The molecule has 0 aromatic heterocycles. The average molecular weight is 284 g/mol. The van der Waals surface area contributed by atoms with Gasteiger partial charge in [-0.25, -0.2) is 4.39 Å². The molecule has 0 bridgehead atoms. The Morgan fingerprint density at radius 2 is 2.10 bits per heavy atom. The maximum absolute atomic E-state index is 13.2. The minimum atomic E-state index is -1.08. The van der Waals surface area contributed by atoms with Gasteiger partial charge >= 0.3 is 5.97 Å². The van der Waals surface area contributed by atoms with Gasteiger partial charge in [-0.05, 0) is 12.5 Å². The summed E-state index contributed by atoms with van der Waals surface area (Å²) in [6.45, 7) is 1.68. The van der Waals surface area contributed by atoms with E-state index in [-0.39, 0.29) is 12.0 Å². The maximum Gasteiger partial charge on any atom is 0.305 e. The van der Waals surface area contributed by atoms with Gasteiger partial charge in [-0.3, -0.25) is 19.7 Å². The number of carboxylic acid groups (broad SMARTS) is 1. The van der Waals surface area contributed by atoms with Crippen LogP contribution in [0.15, 0.2) is 18.2 Å². The van der Waals surface area contributed by atoms with Gasteiger partial charge in [0.15, 0.2) is 0 Å². The lowest BCUT2D eigenvalue weighted by molar-refractivity contribution is -0.385. The molecule has 8 heteroatoms. The number of carbonyl (C=O) groups is 2. The number of hydrogen-bond donors (Lipinski definition) is 2. The van der Waals surface area contributed by atoms with E-state index in [9.17, 15) is 24.1 Å². The van der Waals surface area contributed by atoms with Gasteiger partial charge in [0.2, 0.25) is 0 Å². The van der Waals surface area contributed by atoms with E-state index in [0.29, 0.717) is 12.5 Å². The summed E-state index contributed by atoms with van der Waals surface area (Å²) in [5.41, 5.74) is -0.762. The van der Waals surface area contributed by atoms with E-state index in [1.807, 2.05) is 0 Å². The van der Waals surface area contributed by atoms with Crippen LogP contribution in [-0.4, -0.2) is 27.9 Å². The molecule has 0 aliphatic carbocycles. The van der Waals surface area contributed by atoms with Crippen molar-refractivity contribution < 1.29 is 24.0 Å². The fourth-order valence-electron chi connectivity index (χ4n) is 1.59. The number of nitrogens with one attached hydrogen (secondary N) is 1. The highest BCUT2D eigenvalue weighted by molar-refractivity contribution is 5.95. The van der Waals surface area contributed by atoms with Gasteiger partial charge in [0.05, 0.1) is 17.4 Å². The molecule has 0 fully saturated rings. The lowest BCUT2D eigenvalue weighted by atomic mass is 10.1. The smallest absolute Gasteiger partial charge is 0.305 e. The first-order valence-corrected chi connectivity index (χ1v) is 5.81. The van der Waals surface area contributed by atoms with Gasteiger partial charge in [0, 0.05) is 17.7 Å². The number of hydrogen-bond acceptors (Lipinski definition) is 4. The molecule has 0 spiro atoms. The van der Waals surface area contributed by atoms with Crippen LogP contribution in [0, 0.1) is 15.9 Å². The molecular formula is C12H13FN2O5. The number of nitro groups is 1. The molecule has 0 radical (unpaired) electrons. The van der Waals surface area contributed by atoms with Crippen LogP contribution in [0.1, 0.15) is 30.1 Å². The van der Waals surface area contributed by atoms with E-state index in [1.54, 1.807) is 6.92 Å². The topological polar surface area (TPSA) is 110 Å². The van der Waals surface area contributed by atoms with Crippen LogP contribution in [0.5, 0.6) is 0 Å². The summed E-state index contributed by atoms with van der Waals surface area (Å²) in [5.74, 6) is -2.74. The Labute approximate surface area is 113 Å². The number of non-ortho nitro benzene ring substituents is 1. The molecule has 108 valence electrons. The Hall–Kier alpha value is -2.51. The number of rotatable bonds is 6. The van der Waals surface area contributed by atoms with E-state index >= 15 is 0 Å². The number of aliphatic carboxylic acids is 1. The highest BCUT2D eigenvalue weighted by Gasteiger charge is 2.18. The molecule has 7 nitrogen and oxygen atoms in total. The molecule has 1 rings (SSSR count). The molecule has 2 N–H and O–H groups in total. The predicted octanol–water partition coefficient (Wildman–Crippen LogP) is 1.72. The first-order chi connectivity index (χ1) is 9.33. The summed E-state index contributed by atoms with van der Waals surface area (Å²) < 4.78 is 13.2. The standard InChI is InChI=1S/C12H13FN2O5/c1-2-9(6-11(16)17)14-12(18)7-3-8(13)5-10(4-7)15(19)20/h3-5,9H,2,6H2,1H3,(H,14,18)(H,16,17). The van der Waals surface area contributed by atoms with Crippen molar-refractivity contribution in [1.82, 2.24) is 5.32 Å². The summed E-state index contributed by atoms with van der Waals surface area (Å²) in [4.78, 5) is 32.2. The first-order valence-electron chi connectivity index (χ1n) is 5.81. The Bertz CT molecular complexity index is 547. The fourth-order valence-corrected chi connectivity index (χ4v) is 1.59. The molecular weight excluding hydrogens is 271 g/mol. The van der Waals surface area contributed by atoms with Crippen LogP contribution in [-0.2, 0) is 4.79 Å². The van der Waals surface area contributed by atoms with Crippen molar-refractivity contribution in [2.45, 2.75) is 25.8 Å². The van der Waals surface area contributed by atoms with Crippen molar-refractivity contribution in [3.63, 3.8) is 0 Å². The SMILES string of the molecule is CCC(CC(=O)O)NC(=O)c1cc(F)cc([N+](=O)[O-])c1. The Morgan fingerprint density at radius 3 is 2.60 bits per heavy atom. The van der Waals surface area contributed by atoms with E-state index in [1.165, 1.54) is 0 Å². The third-order valence-electron chi connectivity index (χ3n) is 2.60. The summed E-state index contributed by atoms with van der Waals surface area (Å²) >= 11 is 0. The molecule has 0 aliphatic rings. The van der Waals surface area contributed by atoms with E-state index in [2.05, 4.69) is 5.32 Å². The molecule has 0 saturated heterocycles. The quantitative estimate of drug-likeness (QED) is 0.610. The zero-order valence-electron chi connectivity index (χ0n) is 10.6. The molecule has 0 aliphatic heterocycles. The number of amides is 1. The highest BCUT2D eigenvalue weighted by Crippen LogP contribution is 2.16. The van der Waals surface area contributed by atoms with Crippen molar-refractivity contribution in [3.05, 3.63) is 39.7 Å². The molecule has 0 heterocycles. The maximum atomic E-state index is 13.2. The third kappa shape index (κ3) is 4.30. The van der Waals surface area contributed by atoms with Gasteiger partial charge < -0.3 is 10.4 Å². The van der Waals surface area contributed by atoms with Crippen LogP contribution >= 0.6 is 0 Å². The number of halogens is 1. The van der Waals surface area contributed by atoms with Gasteiger partial charge in [0.1, 0.15) is 5.82 Å². The number of benzene rings is 1. The second-order valence-electron chi connectivity index (χ2n) is 4.13. The van der Waals surface area contributed by atoms with E-state index in [0.717, 1.165) is 12.1 Å². The normalized spacial score (nSPS) is 11.7. The van der Waals surface area contributed by atoms with Crippen molar-refractivity contribution in [3.8, 4) is 0 Å². The fraction of sp³-hybridized carbons (Fsp3) is 0.333. The number of carboxylic acids is 1. The predicted molar refractivity (Wildman–Crippen MR) is 66.9 cm³/mol. The van der Waals surface area contributed by atoms with Crippen LogP contribution in [0.4, 0.5) is 10.1 Å². The average Bonchev–Trinajstić information content (AvgIpc) is 2.36. The number of nitro benzene ring substituents is 1. The lowest BCUT2D eigenvalue weighted by Gasteiger charge is -2.14. The van der Waals surface area contributed by atoms with Crippen LogP contribution in [0.3, 0.4) is 0 Å². The summed E-state index contributed by atoms with van der Waals surface area (Å²) in [6, 6.07) is 1.87. The molecule has 1 aromatic rings. The molecule has 1 amide bonds. The number of carbonyl (C=O) groups excluding carboxylic acids is 1. The van der Waals surface area contributed by atoms with E-state index in [4.69, 9.17) is 5.11 Å². The molecule has 20 heavy (non-hydrogen) atoms. The minimum Gasteiger partial charge on any atom is -0.481 e. The minimum absolute atomic E-state index is 0.222. The molecule has 0 saturated carbocycles. The van der Waals surface area contributed by atoms with Crippen LogP contribution < -0.4 is 5.32 Å². The highest BCUT2D eigenvalue weighted by atomic mass is 19.1. The second kappa shape index (κ2) is 6.60. The summed E-state index contributed by atoms with van der Waals surface area (Å²) in [5, 5.41) is 21.6. The molecule has 1 aromatic carbocycles. The Balaban J connectivity index is 2.91. The Kier molecular flexibility index (Phi) is 5.13.